The van der Waals surface area contributed by atoms with Crippen molar-refractivity contribution in [1.29, 1.82) is 0 Å². The molecule has 1 heterocycles. The van der Waals surface area contributed by atoms with Gasteiger partial charge < -0.3 is 14.4 Å². The average Bonchev–Trinajstić information content (AvgIpc) is 2.93. The Hall–Kier alpha value is -3.85. The number of hydrogen-bond acceptors (Lipinski definition) is 6. The van der Waals surface area contributed by atoms with Gasteiger partial charge >= 0.3 is 5.97 Å². The van der Waals surface area contributed by atoms with Crippen LogP contribution in [0.5, 0.6) is 11.5 Å². The molecule has 0 bridgehead atoms. The van der Waals surface area contributed by atoms with Crippen molar-refractivity contribution in [3.05, 3.63) is 84.4 Å². The molecule has 1 saturated heterocycles. The lowest BCUT2D eigenvalue weighted by Crippen LogP contribution is -2.46. The number of carbonyl (C=O) groups excluding carboxylic acids is 2. The third kappa shape index (κ3) is 6.52. The van der Waals surface area contributed by atoms with E-state index in [9.17, 15) is 18.0 Å². The fourth-order valence-electron chi connectivity index (χ4n) is 4.31. The second-order valence-electron chi connectivity index (χ2n) is 9.14. The van der Waals surface area contributed by atoms with Crippen LogP contribution in [0, 0.1) is 12.8 Å². The van der Waals surface area contributed by atoms with Gasteiger partial charge in [-0.25, -0.2) is 8.42 Å². The molecule has 4 rings (SSSR count). The van der Waals surface area contributed by atoms with Gasteiger partial charge in [0.25, 0.3) is 10.0 Å². The molecule has 1 fully saturated rings. The van der Waals surface area contributed by atoms with E-state index in [-0.39, 0.29) is 29.2 Å². The number of ether oxygens (including phenoxy) is 2. The number of aryl methyl sites for hydroxylation is 1. The smallest absolute Gasteiger partial charge is 0.309 e. The van der Waals surface area contributed by atoms with E-state index in [2.05, 4.69) is 0 Å². The zero-order valence-corrected chi connectivity index (χ0v) is 22.4. The summed E-state index contributed by atoms with van der Waals surface area (Å²) in [6, 6.07) is 22.4. The number of para-hydroxylation sites is 1. The Morgan fingerprint density at radius 3 is 2.11 bits per heavy atom. The summed E-state index contributed by atoms with van der Waals surface area (Å²) in [7, 11) is -4.04. The molecule has 0 aromatic heterocycles. The largest absolute Gasteiger partial charge is 0.466 e. The molecule has 8 nitrogen and oxygen atoms in total. The molecule has 0 saturated carbocycles. The van der Waals surface area contributed by atoms with Gasteiger partial charge in [0.2, 0.25) is 5.91 Å². The van der Waals surface area contributed by atoms with Crippen LogP contribution in [0.3, 0.4) is 0 Å². The highest BCUT2D eigenvalue weighted by molar-refractivity contribution is 7.92. The molecule has 0 atom stereocenters. The van der Waals surface area contributed by atoms with E-state index >= 15 is 0 Å². The maximum absolute atomic E-state index is 13.7. The van der Waals surface area contributed by atoms with Crippen molar-refractivity contribution in [1.82, 2.24) is 4.90 Å². The minimum atomic E-state index is -4.04. The summed E-state index contributed by atoms with van der Waals surface area (Å²) < 4.78 is 39.5. The Morgan fingerprint density at radius 1 is 0.895 bits per heavy atom. The molecule has 0 unspecified atom stereocenters. The number of hydrogen-bond donors (Lipinski definition) is 0. The fraction of sp³-hybridized carbons (Fsp3) is 0.310. The zero-order chi connectivity index (χ0) is 27.1. The number of sulfonamides is 1. The maximum atomic E-state index is 13.7. The second kappa shape index (κ2) is 12.1. The van der Waals surface area contributed by atoms with E-state index in [0.29, 0.717) is 49.7 Å². The molecule has 38 heavy (non-hydrogen) atoms. The van der Waals surface area contributed by atoms with Crippen LogP contribution in [0.2, 0.25) is 0 Å². The standard InChI is InChI=1S/C29H32N2O6S/c1-3-36-29(33)23-17-19-30(20-18-23)28(32)21-31(38(34,35)27-15-9-22(2)10-16-27)24-11-13-26(14-12-24)37-25-7-5-4-6-8-25/h4-16,23H,3,17-21H2,1-2H3. The van der Waals surface area contributed by atoms with E-state index < -0.39 is 10.0 Å². The van der Waals surface area contributed by atoms with Crippen molar-refractivity contribution < 1.29 is 27.5 Å². The lowest BCUT2D eigenvalue weighted by molar-refractivity contribution is -0.151. The summed E-state index contributed by atoms with van der Waals surface area (Å²) in [5.74, 6) is 0.378. The van der Waals surface area contributed by atoms with Crippen molar-refractivity contribution in [3.8, 4) is 11.5 Å². The normalized spacial score (nSPS) is 14.1. The van der Waals surface area contributed by atoms with Crippen molar-refractivity contribution in [2.75, 3.05) is 30.5 Å². The quantitative estimate of drug-likeness (QED) is 0.365. The predicted molar refractivity (Wildman–Crippen MR) is 145 cm³/mol. The van der Waals surface area contributed by atoms with Crippen LogP contribution in [-0.2, 0) is 24.3 Å². The number of amides is 1. The molecule has 200 valence electrons. The second-order valence-corrected chi connectivity index (χ2v) is 11.0. The van der Waals surface area contributed by atoms with E-state index in [0.717, 1.165) is 9.87 Å². The van der Waals surface area contributed by atoms with Gasteiger partial charge in [0.05, 0.1) is 23.1 Å². The summed E-state index contributed by atoms with van der Waals surface area (Å²) in [5.41, 5.74) is 1.28. The van der Waals surface area contributed by atoms with E-state index in [1.54, 1.807) is 60.4 Å². The molecular weight excluding hydrogens is 504 g/mol. The number of nitrogens with zero attached hydrogens (tertiary/aromatic N) is 2. The Labute approximate surface area is 223 Å². The summed E-state index contributed by atoms with van der Waals surface area (Å²) in [6.45, 7) is 4.33. The number of carbonyl (C=O) groups is 2. The molecule has 0 aliphatic carbocycles. The van der Waals surface area contributed by atoms with Crippen molar-refractivity contribution in [2.24, 2.45) is 5.92 Å². The van der Waals surface area contributed by atoms with Gasteiger partial charge in [0.1, 0.15) is 18.0 Å². The average molecular weight is 537 g/mol. The van der Waals surface area contributed by atoms with Crippen LogP contribution < -0.4 is 9.04 Å². The van der Waals surface area contributed by atoms with Crippen LogP contribution in [0.4, 0.5) is 5.69 Å². The molecule has 3 aromatic rings. The predicted octanol–water partition coefficient (Wildman–Crippen LogP) is 4.78. The summed E-state index contributed by atoms with van der Waals surface area (Å²) in [5, 5.41) is 0. The lowest BCUT2D eigenvalue weighted by Gasteiger charge is -2.33. The Bertz CT molecular complexity index is 1330. The van der Waals surface area contributed by atoms with Gasteiger partial charge in [-0.05, 0) is 75.2 Å². The first kappa shape index (κ1) is 27.2. The monoisotopic (exact) mass is 536 g/mol. The molecule has 0 N–H and O–H groups in total. The van der Waals surface area contributed by atoms with Crippen molar-refractivity contribution >= 4 is 27.6 Å². The van der Waals surface area contributed by atoms with Crippen molar-refractivity contribution in [3.63, 3.8) is 0 Å². The number of piperidine rings is 1. The first-order valence-electron chi connectivity index (χ1n) is 12.6. The van der Waals surface area contributed by atoms with Gasteiger partial charge in [0.15, 0.2) is 0 Å². The van der Waals surface area contributed by atoms with Gasteiger partial charge in [-0.3, -0.25) is 13.9 Å². The van der Waals surface area contributed by atoms with Crippen LogP contribution in [-0.4, -0.2) is 51.4 Å². The highest BCUT2D eigenvalue weighted by Gasteiger charge is 2.32. The van der Waals surface area contributed by atoms with Gasteiger partial charge in [-0.1, -0.05) is 35.9 Å². The summed E-state index contributed by atoms with van der Waals surface area (Å²) in [4.78, 5) is 27.1. The Balaban J connectivity index is 1.55. The number of anilines is 1. The molecule has 1 amide bonds. The third-order valence-electron chi connectivity index (χ3n) is 6.46. The van der Waals surface area contributed by atoms with E-state index in [1.165, 1.54) is 0 Å². The number of likely N-dealkylation sites (tertiary alicyclic amines) is 1. The molecule has 0 spiro atoms. The van der Waals surface area contributed by atoms with Crippen molar-refractivity contribution in [2.45, 2.75) is 31.6 Å². The van der Waals surface area contributed by atoms with E-state index in [4.69, 9.17) is 9.47 Å². The lowest BCUT2D eigenvalue weighted by atomic mass is 9.97. The molecule has 0 radical (unpaired) electrons. The minimum absolute atomic E-state index is 0.0986. The third-order valence-corrected chi connectivity index (χ3v) is 8.25. The van der Waals surface area contributed by atoms with Gasteiger partial charge in [-0.2, -0.15) is 0 Å². The molecular formula is C29H32N2O6S. The topological polar surface area (TPSA) is 93.2 Å². The SMILES string of the molecule is CCOC(=O)C1CCN(C(=O)CN(c2ccc(Oc3ccccc3)cc2)S(=O)(=O)c2ccc(C)cc2)CC1. The highest BCUT2D eigenvalue weighted by Crippen LogP contribution is 2.29. The number of esters is 1. The van der Waals surface area contributed by atoms with Crippen LogP contribution in [0.15, 0.2) is 83.8 Å². The molecule has 1 aliphatic rings. The first-order valence-corrected chi connectivity index (χ1v) is 14.1. The van der Waals surface area contributed by atoms with Crippen LogP contribution >= 0.6 is 0 Å². The van der Waals surface area contributed by atoms with E-state index in [1.807, 2.05) is 37.3 Å². The minimum Gasteiger partial charge on any atom is -0.466 e. The van der Waals surface area contributed by atoms with Gasteiger partial charge in [-0.15, -0.1) is 0 Å². The summed E-state index contributed by atoms with van der Waals surface area (Å²) >= 11 is 0. The molecule has 3 aromatic carbocycles. The Kier molecular flexibility index (Phi) is 8.68. The highest BCUT2D eigenvalue weighted by atomic mass is 32.2. The fourth-order valence-corrected chi connectivity index (χ4v) is 5.72. The molecule has 1 aliphatic heterocycles. The summed E-state index contributed by atoms with van der Waals surface area (Å²) in [6.07, 6.45) is 0.974. The number of benzene rings is 3. The Morgan fingerprint density at radius 2 is 1.50 bits per heavy atom. The van der Waals surface area contributed by atoms with Crippen LogP contribution in [0.25, 0.3) is 0 Å². The number of rotatable bonds is 9. The zero-order valence-electron chi connectivity index (χ0n) is 21.6. The van der Waals surface area contributed by atoms with Gasteiger partial charge in [0, 0.05) is 13.1 Å². The maximum Gasteiger partial charge on any atom is 0.309 e. The first-order chi connectivity index (χ1) is 18.3. The molecule has 9 heteroatoms. The van der Waals surface area contributed by atoms with Crippen LogP contribution in [0.1, 0.15) is 25.3 Å².